The summed E-state index contributed by atoms with van der Waals surface area (Å²) in [5.41, 5.74) is 6.55. The SMILES string of the molecule is CCc1nn(C)c(C(=O)NC)c1N1NC(C)=CS1. The van der Waals surface area contributed by atoms with Crippen molar-refractivity contribution in [3.8, 4) is 0 Å². The fourth-order valence-electron chi connectivity index (χ4n) is 1.85. The quantitative estimate of drug-likeness (QED) is 0.805. The standard InChI is InChI=1S/C11H17N5OS/c1-5-8-9(16-13-7(2)6-18-16)10(11(17)12-3)15(4)14-8/h6,13H,5H2,1-4H3,(H,12,17). The van der Waals surface area contributed by atoms with Gasteiger partial charge in [0, 0.05) is 37.1 Å². The Morgan fingerprint density at radius 2 is 2.33 bits per heavy atom. The molecule has 1 aromatic heterocycles. The van der Waals surface area contributed by atoms with Gasteiger partial charge in [0.1, 0.15) is 5.69 Å². The summed E-state index contributed by atoms with van der Waals surface area (Å²) in [5, 5.41) is 9.06. The van der Waals surface area contributed by atoms with E-state index in [0.717, 1.165) is 23.5 Å². The highest BCUT2D eigenvalue weighted by Gasteiger charge is 2.27. The van der Waals surface area contributed by atoms with Crippen LogP contribution in [0.2, 0.25) is 0 Å². The van der Waals surface area contributed by atoms with E-state index < -0.39 is 0 Å². The molecule has 2 N–H and O–H groups in total. The summed E-state index contributed by atoms with van der Waals surface area (Å²) in [6, 6.07) is 0. The number of hydrogen-bond acceptors (Lipinski definition) is 5. The van der Waals surface area contributed by atoms with Gasteiger partial charge in [0.05, 0.1) is 5.69 Å². The molecule has 0 aromatic carbocycles. The first-order valence-electron chi connectivity index (χ1n) is 5.76. The molecule has 7 heteroatoms. The number of hydrogen-bond donors (Lipinski definition) is 2. The van der Waals surface area contributed by atoms with Crippen molar-refractivity contribution in [1.29, 1.82) is 0 Å². The molecular formula is C11H17N5OS. The summed E-state index contributed by atoms with van der Waals surface area (Å²) >= 11 is 1.52. The van der Waals surface area contributed by atoms with Crippen LogP contribution in [0.3, 0.4) is 0 Å². The summed E-state index contributed by atoms with van der Waals surface area (Å²) < 4.78 is 3.51. The van der Waals surface area contributed by atoms with Gasteiger partial charge in [0.15, 0.2) is 5.69 Å². The second-order valence-corrected chi connectivity index (χ2v) is 4.82. The van der Waals surface area contributed by atoms with Crippen LogP contribution in [0.1, 0.15) is 30.0 Å². The Hall–Kier alpha value is -1.63. The molecule has 0 saturated heterocycles. The summed E-state index contributed by atoms with van der Waals surface area (Å²) in [7, 11) is 3.41. The first kappa shape index (κ1) is 12.8. The van der Waals surface area contributed by atoms with Crippen LogP contribution in [0.4, 0.5) is 5.69 Å². The van der Waals surface area contributed by atoms with E-state index in [0.29, 0.717) is 5.69 Å². The number of nitrogens with one attached hydrogen (secondary N) is 2. The van der Waals surface area contributed by atoms with Crippen LogP contribution in [0.15, 0.2) is 11.1 Å². The average Bonchev–Trinajstić information content (AvgIpc) is 2.91. The highest BCUT2D eigenvalue weighted by Crippen LogP contribution is 2.33. The van der Waals surface area contributed by atoms with Crippen molar-refractivity contribution in [3.63, 3.8) is 0 Å². The van der Waals surface area contributed by atoms with E-state index in [1.54, 1.807) is 18.8 Å². The van der Waals surface area contributed by atoms with Crippen molar-refractivity contribution in [2.24, 2.45) is 7.05 Å². The van der Waals surface area contributed by atoms with Crippen molar-refractivity contribution in [2.75, 3.05) is 11.5 Å². The third-order valence-corrected chi connectivity index (χ3v) is 3.63. The van der Waals surface area contributed by atoms with Gasteiger partial charge in [-0.05, 0) is 13.3 Å². The Morgan fingerprint density at radius 3 is 2.83 bits per heavy atom. The molecule has 0 aliphatic carbocycles. The number of hydrazine groups is 1. The molecule has 0 spiro atoms. The maximum Gasteiger partial charge on any atom is 0.271 e. The van der Waals surface area contributed by atoms with E-state index in [-0.39, 0.29) is 5.91 Å². The molecule has 1 aliphatic heterocycles. The zero-order valence-corrected chi connectivity index (χ0v) is 11.8. The molecule has 0 bridgehead atoms. The van der Waals surface area contributed by atoms with E-state index >= 15 is 0 Å². The monoisotopic (exact) mass is 267 g/mol. The van der Waals surface area contributed by atoms with Gasteiger partial charge in [0.2, 0.25) is 0 Å². The van der Waals surface area contributed by atoms with Crippen LogP contribution >= 0.6 is 11.9 Å². The van der Waals surface area contributed by atoms with Crippen LogP contribution in [0, 0.1) is 0 Å². The predicted octanol–water partition coefficient (Wildman–Crippen LogP) is 1.18. The zero-order chi connectivity index (χ0) is 13.3. The molecule has 0 radical (unpaired) electrons. The van der Waals surface area contributed by atoms with E-state index in [1.165, 1.54) is 11.9 Å². The molecule has 0 atom stereocenters. The third-order valence-electron chi connectivity index (χ3n) is 2.68. The highest BCUT2D eigenvalue weighted by molar-refractivity contribution is 8.03. The molecule has 0 saturated carbocycles. The third kappa shape index (κ3) is 2.05. The molecule has 2 heterocycles. The number of carbonyl (C=O) groups excluding carboxylic acids is 1. The van der Waals surface area contributed by atoms with Crippen molar-refractivity contribution < 1.29 is 4.79 Å². The summed E-state index contributed by atoms with van der Waals surface area (Å²) in [5.74, 6) is -0.133. The zero-order valence-electron chi connectivity index (χ0n) is 10.9. The lowest BCUT2D eigenvalue weighted by Gasteiger charge is -2.19. The van der Waals surface area contributed by atoms with E-state index in [9.17, 15) is 4.79 Å². The number of allylic oxidation sites excluding steroid dienone is 1. The molecule has 1 aromatic rings. The van der Waals surface area contributed by atoms with Crippen LogP contribution in [-0.4, -0.2) is 22.7 Å². The van der Waals surface area contributed by atoms with Crippen LogP contribution in [-0.2, 0) is 13.5 Å². The first-order chi connectivity index (χ1) is 8.58. The van der Waals surface area contributed by atoms with E-state index in [4.69, 9.17) is 0 Å². The second kappa shape index (κ2) is 4.93. The van der Waals surface area contributed by atoms with Gasteiger partial charge in [-0.25, -0.2) is 4.41 Å². The Balaban J connectivity index is 2.46. The fraction of sp³-hybridized carbons (Fsp3) is 0.455. The van der Waals surface area contributed by atoms with E-state index in [1.807, 2.05) is 23.7 Å². The van der Waals surface area contributed by atoms with E-state index in [2.05, 4.69) is 15.8 Å². The number of aromatic nitrogens is 2. The van der Waals surface area contributed by atoms with Gasteiger partial charge in [-0.2, -0.15) is 5.10 Å². The van der Waals surface area contributed by atoms with Crippen LogP contribution in [0.25, 0.3) is 0 Å². The average molecular weight is 267 g/mol. The molecule has 1 amide bonds. The number of nitrogens with zero attached hydrogens (tertiary/aromatic N) is 3. The minimum atomic E-state index is -0.133. The topological polar surface area (TPSA) is 62.2 Å². The van der Waals surface area contributed by atoms with Crippen molar-refractivity contribution in [1.82, 2.24) is 20.5 Å². The lowest BCUT2D eigenvalue weighted by molar-refractivity contribution is 0.0954. The van der Waals surface area contributed by atoms with Crippen molar-refractivity contribution >= 4 is 23.5 Å². The van der Waals surface area contributed by atoms with Crippen molar-refractivity contribution in [3.05, 3.63) is 22.5 Å². The Kier molecular flexibility index (Phi) is 3.51. The molecule has 18 heavy (non-hydrogen) atoms. The van der Waals surface area contributed by atoms with Gasteiger partial charge >= 0.3 is 0 Å². The van der Waals surface area contributed by atoms with Gasteiger partial charge in [-0.3, -0.25) is 14.9 Å². The summed E-state index contributed by atoms with van der Waals surface area (Å²) in [6.45, 7) is 4.01. The molecule has 0 unspecified atom stereocenters. The maximum absolute atomic E-state index is 12.0. The Morgan fingerprint density at radius 1 is 1.61 bits per heavy atom. The first-order valence-corrected chi connectivity index (χ1v) is 6.60. The molecular weight excluding hydrogens is 250 g/mol. The van der Waals surface area contributed by atoms with Crippen LogP contribution in [0.5, 0.6) is 0 Å². The lowest BCUT2D eigenvalue weighted by Crippen LogP contribution is -2.30. The fourth-order valence-corrected chi connectivity index (χ4v) is 2.66. The van der Waals surface area contributed by atoms with Crippen molar-refractivity contribution in [2.45, 2.75) is 20.3 Å². The summed E-state index contributed by atoms with van der Waals surface area (Å²) in [6.07, 6.45) is 0.776. The van der Waals surface area contributed by atoms with Gasteiger partial charge in [-0.1, -0.05) is 6.92 Å². The largest absolute Gasteiger partial charge is 0.354 e. The lowest BCUT2D eigenvalue weighted by atomic mass is 10.2. The summed E-state index contributed by atoms with van der Waals surface area (Å²) in [4.78, 5) is 12.0. The molecule has 98 valence electrons. The van der Waals surface area contributed by atoms with Crippen LogP contribution < -0.4 is 15.2 Å². The highest BCUT2D eigenvalue weighted by atomic mass is 32.2. The van der Waals surface area contributed by atoms with Gasteiger partial charge < -0.3 is 5.32 Å². The number of carbonyl (C=O) groups is 1. The minimum absolute atomic E-state index is 0.133. The number of aryl methyl sites for hydroxylation is 2. The Labute approximate surface area is 111 Å². The molecule has 2 rings (SSSR count). The second-order valence-electron chi connectivity index (χ2n) is 4.01. The van der Waals surface area contributed by atoms with Gasteiger partial charge in [0.25, 0.3) is 5.91 Å². The molecule has 0 fully saturated rings. The van der Waals surface area contributed by atoms with Gasteiger partial charge in [-0.15, -0.1) is 0 Å². The molecule has 6 nitrogen and oxygen atoms in total. The number of anilines is 1. The smallest absolute Gasteiger partial charge is 0.271 e. The number of amides is 1. The molecule has 1 aliphatic rings. The number of rotatable bonds is 3. The maximum atomic E-state index is 12.0. The minimum Gasteiger partial charge on any atom is -0.354 e. The normalized spacial score (nSPS) is 14.4. The Bertz CT molecular complexity index is 508. The predicted molar refractivity (Wildman–Crippen MR) is 72.9 cm³/mol.